The Hall–Kier alpha value is -4.21. The molecular weight excluding hydrogens is 414 g/mol. The van der Waals surface area contributed by atoms with Crippen molar-refractivity contribution in [2.45, 2.75) is 24.9 Å². The summed E-state index contributed by atoms with van der Waals surface area (Å²) in [4.78, 5) is 50.1. The Morgan fingerprint density at radius 3 is 2.34 bits per heavy atom. The van der Waals surface area contributed by atoms with Crippen molar-refractivity contribution < 1.29 is 24.3 Å². The number of rotatable bonds is 8. The Bertz CT molecular complexity index is 1070. The third-order valence-electron chi connectivity index (χ3n) is 5.27. The van der Waals surface area contributed by atoms with Gasteiger partial charge >= 0.3 is 12.0 Å². The van der Waals surface area contributed by atoms with Crippen LogP contribution in [0.2, 0.25) is 0 Å². The van der Waals surface area contributed by atoms with E-state index < -0.39 is 41.9 Å². The van der Waals surface area contributed by atoms with Gasteiger partial charge < -0.3 is 21.5 Å². The highest BCUT2D eigenvalue weighted by atomic mass is 16.4. The van der Waals surface area contributed by atoms with Gasteiger partial charge in [-0.25, -0.2) is 4.79 Å². The normalized spacial score (nSPS) is 18.7. The van der Waals surface area contributed by atoms with Crippen LogP contribution in [0.25, 0.3) is 0 Å². The van der Waals surface area contributed by atoms with Crippen LogP contribution in [0.1, 0.15) is 36.1 Å². The van der Waals surface area contributed by atoms with Gasteiger partial charge in [0, 0.05) is 5.56 Å². The number of nitrogens with one attached hydrogen (secondary N) is 3. The third-order valence-corrected chi connectivity index (χ3v) is 5.27. The van der Waals surface area contributed by atoms with Gasteiger partial charge in [0.25, 0.3) is 5.91 Å². The predicted molar refractivity (Wildman–Crippen MR) is 115 cm³/mol. The quantitative estimate of drug-likeness (QED) is 0.235. The highest BCUT2D eigenvalue weighted by Crippen LogP contribution is 2.29. The minimum atomic E-state index is -1.40. The monoisotopic (exact) mass is 437 g/mol. The molecule has 32 heavy (non-hydrogen) atoms. The van der Waals surface area contributed by atoms with Gasteiger partial charge in [0.15, 0.2) is 0 Å². The van der Waals surface area contributed by atoms with E-state index in [1.54, 1.807) is 54.6 Å². The van der Waals surface area contributed by atoms with Crippen LogP contribution in [-0.2, 0) is 19.9 Å². The molecule has 1 fully saturated rings. The molecule has 0 aromatic heterocycles. The number of carbonyl (C=O) groups excluding carboxylic acids is 3. The number of hydrogen-bond donors (Lipinski definition) is 5. The fourth-order valence-corrected chi connectivity index (χ4v) is 3.52. The van der Waals surface area contributed by atoms with E-state index in [0.717, 1.165) is 4.90 Å². The maximum Gasteiger partial charge on any atom is 0.325 e. The van der Waals surface area contributed by atoms with Crippen molar-refractivity contribution in [3.05, 3.63) is 71.3 Å². The van der Waals surface area contributed by atoms with E-state index in [1.165, 1.54) is 6.92 Å². The number of amides is 4. The molecule has 1 aliphatic rings. The number of amidine groups is 1. The first-order chi connectivity index (χ1) is 15.1. The lowest BCUT2D eigenvalue weighted by Crippen LogP contribution is -2.44. The van der Waals surface area contributed by atoms with Gasteiger partial charge in [-0.2, -0.15) is 0 Å². The molecule has 0 radical (unpaired) electrons. The lowest BCUT2D eigenvalue weighted by atomic mass is 9.91. The number of carboxylic acids is 1. The van der Waals surface area contributed by atoms with Crippen molar-refractivity contribution in [2.24, 2.45) is 5.73 Å². The van der Waals surface area contributed by atoms with Crippen molar-refractivity contribution in [2.75, 3.05) is 6.54 Å². The summed E-state index contributed by atoms with van der Waals surface area (Å²) in [6.07, 6.45) is -0.351. The highest BCUT2D eigenvalue weighted by molar-refractivity contribution is 6.09. The van der Waals surface area contributed by atoms with E-state index in [1.807, 2.05) is 0 Å². The first kappa shape index (κ1) is 22.5. The molecule has 1 heterocycles. The molecule has 1 saturated heterocycles. The SMILES string of the molecule is CC1(c2ccc(C(=N)N)cc2)NC(=O)N(CC(=O)N[C@H](CC(=O)O)c2ccccc2)C1=O. The van der Waals surface area contributed by atoms with Crippen molar-refractivity contribution >= 4 is 29.7 Å². The highest BCUT2D eigenvalue weighted by Gasteiger charge is 2.49. The minimum Gasteiger partial charge on any atom is -0.481 e. The van der Waals surface area contributed by atoms with Gasteiger partial charge in [0.05, 0.1) is 12.5 Å². The first-order valence-corrected chi connectivity index (χ1v) is 9.77. The molecule has 166 valence electrons. The number of benzene rings is 2. The van der Waals surface area contributed by atoms with E-state index >= 15 is 0 Å². The molecule has 2 aromatic rings. The maximum absolute atomic E-state index is 13.0. The first-order valence-electron chi connectivity index (χ1n) is 9.77. The van der Waals surface area contributed by atoms with Crippen LogP contribution >= 0.6 is 0 Å². The summed E-state index contributed by atoms with van der Waals surface area (Å²) in [6, 6.07) is 13.3. The minimum absolute atomic E-state index is 0.129. The molecule has 2 aromatic carbocycles. The number of carbonyl (C=O) groups is 4. The Labute approximate surface area is 183 Å². The molecule has 0 aliphatic carbocycles. The van der Waals surface area contributed by atoms with Crippen LogP contribution < -0.4 is 16.4 Å². The number of aliphatic carboxylic acids is 1. The van der Waals surface area contributed by atoms with Crippen molar-refractivity contribution in [1.82, 2.24) is 15.5 Å². The standard InChI is InChI=1S/C22H23N5O5/c1-22(15-9-7-14(8-10-15)19(23)24)20(31)27(21(32)26-22)12-17(28)25-16(11-18(29)30)13-5-3-2-4-6-13/h2-10,16H,11-12H2,1H3,(H3,23,24)(H,25,28)(H,26,32)(H,29,30)/t16-,22?/m1/s1. The number of urea groups is 1. The molecule has 2 atom stereocenters. The topological polar surface area (TPSA) is 166 Å². The molecular formula is C22H23N5O5. The Kier molecular flexibility index (Phi) is 6.24. The summed E-state index contributed by atoms with van der Waals surface area (Å²) in [6.45, 7) is 0.958. The van der Waals surface area contributed by atoms with Gasteiger partial charge in [0.2, 0.25) is 5.91 Å². The Morgan fingerprint density at radius 2 is 1.78 bits per heavy atom. The van der Waals surface area contributed by atoms with Gasteiger partial charge in [-0.15, -0.1) is 0 Å². The zero-order valence-corrected chi connectivity index (χ0v) is 17.3. The van der Waals surface area contributed by atoms with Gasteiger partial charge in [0.1, 0.15) is 17.9 Å². The molecule has 1 unspecified atom stereocenters. The van der Waals surface area contributed by atoms with Crippen molar-refractivity contribution in [3.63, 3.8) is 0 Å². The summed E-state index contributed by atoms with van der Waals surface area (Å²) in [5, 5.41) is 21.8. The molecule has 0 spiro atoms. The van der Waals surface area contributed by atoms with E-state index in [4.69, 9.17) is 11.1 Å². The second-order valence-electron chi connectivity index (χ2n) is 7.57. The van der Waals surface area contributed by atoms with Crippen LogP contribution in [0.15, 0.2) is 54.6 Å². The molecule has 0 saturated carbocycles. The molecule has 1 aliphatic heterocycles. The summed E-state index contributed by atoms with van der Waals surface area (Å²) >= 11 is 0. The summed E-state index contributed by atoms with van der Waals surface area (Å²) in [5.41, 5.74) is 5.58. The smallest absolute Gasteiger partial charge is 0.325 e. The maximum atomic E-state index is 13.0. The fourth-order valence-electron chi connectivity index (χ4n) is 3.52. The zero-order valence-electron chi connectivity index (χ0n) is 17.3. The largest absolute Gasteiger partial charge is 0.481 e. The number of hydrogen-bond acceptors (Lipinski definition) is 5. The van der Waals surface area contributed by atoms with Gasteiger partial charge in [-0.05, 0) is 18.1 Å². The Balaban J connectivity index is 1.74. The third kappa shape index (κ3) is 4.59. The number of nitrogens with two attached hydrogens (primary N) is 1. The second-order valence-corrected chi connectivity index (χ2v) is 7.57. The zero-order chi connectivity index (χ0) is 23.5. The molecule has 10 heteroatoms. The molecule has 3 rings (SSSR count). The Morgan fingerprint density at radius 1 is 1.16 bits per heavy atom. The molecule has 10 nitrogen and oxygen atoms in total. The van der Waals surface area contributed by atoms with Crippen LogP contribution in [0, 0.1) is 5.41 Å². The van der Waals surface area contributed by atoms with Gasteiger partial charge in [-0.3, -0.25) is 24.7 Å². The van der Waals surface area contributed by atoms with Crippen molar-refractivity contribution in [1.29, 1.82) is 5.41 Å². The fraction of sp³-hybridized carbons (Fsp3) is 0.227. The van der Waals surface area contributed by atoms with Gasteiger partial charge in [-0.1, -0.05) is 54.6 Å². The average molecular weight is 437 g/mol. The van der Waals surface area contributed by atoms with Crippen LogP contribution in [0.5, 0.6) is 0 Å². The summed E-state index contributed by atoms with van der Waals surface area (Å²) in [5.74, 6) is -2.52. The lowest BCUT2D eigenvalue weighted by Gasteiger charge is -2.23. The molecule has 6 N–H and O–H groups in total. The summed E-state index contributed by atoms with van der Waals surface area (Å²) < 4.78 is 0. The summed E-state index contributed by atoms with van der Waals surface area (Å²) in [7, 11) is 0. The number of imide groups is 1. The van der Waals surface area contributed by atoms with E-state index in [9.17, 15) is 24.3 Å². The average Bonchev–Trinajstić information content (AvgIpc) is 2.97. The van der Waals surface area contributed by atoms with E-state index in [2.05, 4.69) is 10.6 Å². The van der Waals surface area contributed by atoms with Crippen molar-refractivity contribution in [3.8, 4) is 0 Å². The van der Waals surface area contributed by atoms with Crippen LogP contribution in [0.4, 0.5) is 4.79 Å². The lowest BCUT2D eigenvalue weighted by molar-refractivity contribution is -0.138. The van der Waals surface area contributed by atoms with Crippen LogP contribution in [0.3, 0.4) is 0 Å². The second kappa shape index (κ2) is 8.88. The molecule has 4 amide bonds. The number of carboxylic acid groups (broad SMARTS) is 1. The predicted octanol–water partition coefficient (Wildman–Crippen LogP) is 1.07. The molecule has 0 bridgehead atoms. The number of nitrogen functional groups attached to an aromatic ring is 1. The van der Waals surface area contributed by atoms with Crippen LogP contribution in [-0.4, -0.2) is 46.2 Å². The van der Waals surface area contributed by atoms with E-state index in [-0.39, 0.29) is 12.3 Å². The van der Waals surface area contributed by atoms with E-state index in [0.29, 0.717) is 16.7 Å². The number of nitrogens with zero attached hydrogens (tertiary/aromatic N) is 1.